The van der Waals surface area contributed by atoms with Crippen molar-refractivity contribution in [3.63, 3.8) is 0 Å². The molecule has 6 heteroatoms. The van der Waals surface area contributed by atoms with Crippen LogP contribution in [0.2, 0.25) is 0 Å². The number of aryl methyl sites for hydroxylation is 2. The van der Waals surface area contributed by atoms with Crippen LogP contribution in [-0.4, -0.2) is 28.4 Å². The number of carbonyl (C=O) groups excluding carboxylic acids is 2. The number of esters is 1. The van der Waals surface area contributed by atoms with Gasteiger partial charge in [0.05, 0.1) is 13.0 Å². The third-order valence-corrected chi connectivity index (χ3v) is 4.08. The topological polar surface area (TPSA) is 76.5 Å². The molecule has 1 heterocycles. The van der Waals surface area contributed by atoms with E-state index in [4.69, 9.17) is 4.74 Å². The molecule has 0 radical (unpaired) electrons. The largest absolute Gasteiger partial charge is 0.506 e. The van der Waals surface area contributed by atoms with Crippen LogP contribution in [0.25, 0.3) is 0 Å². The van der Waals surface area contributed by atoms with Crippen molar-refractivity contribution in [2.45, 2.75) is 40.0 Å². The maximum Gasteiger partial charge on any atom is 0.306 e. The van der Waals surface area contributed by atoms with Crippen molar-refractivity contribution in [3.8, 4) is 5.75 Å². The minimum absolute atomic E-state index is 0.0613. The monoisotopic (exact) mass is 359 g/mol. The highest BCUT2D eigenvalue weighted by Crippen LogP contribution is 2.22. The Hall–Kier alpha value is -2.76. The molecule has 2 aromatic rings. The summed E-state index contributed by atoms with van der Waals surface area (Å²) < 4.78 is 18.2. The van der Waals surface area contributed by atoms with Crippen molar-refractivity contribution in [2.75, 3.05) is 6.61 Å². The Morgan fingerprint density at radius 3 is 2.42 bits per heavy atom. The molecule has 1 aromatic heterocycles. The summed E-state index contributed by atoms with van der Waals surface area (Å²) in [6.45, 7) is 5.58. The first-order valence-corrected chi connectivity index (χ1v) is 8.45. The molecule has 0 saturated carbocycles. The van der Waals surface area contributed by atoms with E-state index in [1.54, 1.807) is 13.0 Å². The summed E-state index contributed by atoms with van der Waals surface area (Å²) in [4.78, 5) is 27.9. The first-order chi connectivity index (χ1) is 12.3. The van der Waals surface area contributed by atoms with E-state index in [1.165, 1.54) is 18.2 Å². The van der Waals surface area contributed by atoms with Gasteiger partial charge < -0.3 is 9.84 Å². The second kappa shape index (κ2) is 8.56. The Labute approximate surface area is 151 Å². The predicted molar refractivity (Wildman–Crippen MR) is 94.8 cm³/mol. The zero-order chi connectivity index (χ0) is 19.3. The molecule has 0 saturated heterocycles. The molecular formula is C20H22FNO4. The van der Waals surface area contributed by atoms with E-state index in [-0.39, 0.29) is 36.7 Å². The average molecular weight is 359 g/mol. The quantitative estimate of drug-likeness (QED) is 0.603. The third kappa shape index (κ3) is 4.88. The van der Waals surface area contributed by atoms with Gasteiger partial charge in [0.25, 0.3) is 0 Å². The number of hydrogen-bond donors (Lipinski definition) is 1. The van der Waals surface area contributed by atoms with Gasteiger partial charge >= 0.3 is 5.97 Å². The van der Waals surface area contributed by atoms with Crippen molar-refractivity contribution in [3.05, 3.63) is 58.2 Å². The highest BCUT2D eigenvalue weighted by Gasteiger charge is 2.17. The van der Waals surface area contributed by atoms with Crippen LogP contribution in [0, 0.1) is 19.7 Å². The number of aromatic nitrogens is 1. The van der Waals surface area contributed by atoms with Gasteiger partial charge in [-0.15, -0.1) is 0 Å². The van der Waals surface area contributed by atoms with Gasteiger partial charge in [-0.3, -0.25) is 9.59 Å². The Morgan fingerprint density at radius 1 is 1.15 bits per heavy atom. The second-order valence-electron chi connectivity index (χ2n) is 6.09. The lowest BCUT2D eigenvalue weighted by molar-refractivity contribution is -0.143. The smallest absolute Gasteiger partial charge is 0.306 e. The molecule has 0 atom stereocenters. The standard InChI is InChI=1S/C20H22FNO4/c1-4-26-19(25)8-7-18(24)20-17(23)6-5-15(22-20)11-16-12(2)9-14(21)10-13(16)3/h5-6,9-10,23H,4,7-8,11H2,1-3H3. The van der Waals surface area contributed by atoms with Crippen LogP contribution in [0.5, 0.6) is 5.75 Å². The maximum atomic E-state index is 13.4. The molecule has 5 nitrogen and oxygen atoms in total. The summed E-state index contributed by atoms with van der Waals surface area (Å²) in [6, 6.07) is 5.94. The fourth-order valence-corrected chi connectivity index (χ4v) is 2.76. The molecule has 2 rings (SSSR count). The predicted octanol–water partition coefficient (Wildman–Crippen LogP) is 3.66. The normalized spacial score (nSPS) is 10.6. The zero-order valence-corrected chi connectivity index (χ0v) is 15.1. The summed E-state index contributed by atoms with van der Waals surface area (Å²) in [5.74, 6) is -1.41. The van der Waals surface area contributed by atoms with Gasteiger partial charge in [-0.05, 0) is 61.7 Å². The molecule has 0 amide bonds. The molecule has 1 N–H and O–H groups in total. The third-order valence-electron chi connectivity index (χ3n) is 4.08. The number of rotatable bonds is 7. The van der Waals surface area contributed by atoms with Gasteiger partial charge in [-0.1, -0.05) is 0 Å². The Bertz CT molecular complexity index is 810. The lowest BCUT2D eigenvalue weighted by atomic mass is 9.98. The van der Waals surface area contributed by atoms with Gasteiger partial charge in [0.15, 0.2) is 5.78 Å². The first-order valence-electron chi connectivity index (χ1n) is 8.45. The van der Waals surface area contributed by atoms with E-state index in [1.807, 2.05) is 13.8 Å². The lowest BCUT2D eigenvalue weighted by Gasteiger charge is -2.11. The highest BCUT2D eigenvalue weighted by atomic mass is 19.1. The number of pyridine rings is 1. The van der Waals surface area contributed by atoms with Crippen molar-refractivity contribution in [1.29, 1.82) is 0 Å². The molecule has 138 valence electrons. The number of ether oxygens (including phenoxy) is 1. The molecule has 0 aliphatic rings. The number of ketones is 1. The number of Topliss-reactive ketones (excluding diaryl/α,β-unsaturated/α-hetero) is 1. The van der Waals surface area contributed by atoms with Crippen LogP contribution in [0.4, 0.5) is 4.39 Å². The van der Waals surface area contributed by atoms with E-state index < -0.39 is 11.8 Å². The Balaban J connectivity index is 2.19. The summed E-state index contributed by atoms with van der Waals surface area (Å²) in [5, 5.41) is 9.94. The van der Waals surface area contributed by atoms with E-state index in [9.17, 15) is 19.1 Å². The SMILES string of the molecule is CCOC(=O)CCC(=O)c1nc(Cc2c(C)cc(F)cc2C)ccc1O. The van der Waals surface area contributed by atoms with Crippen molar-refractivity contribution in [1.82, 2.24) is 4.98 Å². The summed E-state index contributed by atoms with van der Waals surface area (Å²) in [7, 11) is 0. The minimum Gasteiger partial charge on any atom is -0.506 e. The van der Waals surface area contributed by atoms with Crippen molar-refractivity contribution >= 4 is 11.8 Å². The summed E-state index contributed by atoms with van der Waals surface area (Å²) in [6.07, 6.45) is 0.266. The van der Waals surface area contributed by atoms with Gasteiger partial charge in [0, 0.05) is 18.5 Å². The molecule has 0 spiro atoms. The molecule has 0 unspecified atom stereocenters. The molecule has 0 aliphatic heterocycles. The van der Waals surface area contributed by atoms with Crippen molar-refractivity contribution < 1.29 is 23.8 Å². The minimum atomic E-state index is -0.464. The molecule has 1 aromatic carbocycles. The molecule has 0 aliphatic carbocycles. The van der Waals surface area contributed by atoms with Gasteiger partial charge in [0.2, 0.25) is 0 Å². The van der Waals surface area contributed by atoms with Gasteiger partial charge in [0.1, 0.15) is 17.3 Å². The fourth-order valence-electron chi connectivity index (χ4n) is 2.76. The molecule has 26 heavy (non-hydrogen) atoms. The van der Waals surface area contributed by atoms with Gasteiger partial charge in [-0.2, -0.15) is 0 Å². The van der Waals surface area contributed by atoms with Crippen LogP contribution in [-0.2, 0) is 16.0 Å². The second-order valence-corrected chi connectivity index (χ2v) is 6.09. The molecule has 0 fully saturated rings. The summed E-state index contributed by atoms with van der Waals surface area (Å²) in [5.41, 5.74) is 3.04. The van der Waals surface area contributed by atoms with E-state index in [0.717, 1.165) is 16.7 Å². The van der Waals surface area contributed by atoms with Crippen LogP contribution >= 0.6 is 0 Å². The lowest BCUT2D eigenvalue weighted by Crippen LogP contribution is -2.10. The molecule has 0 bridgehead atoms. The van der Waals surface area contributed by atoms with Gasteiger partial charge in [-0.25, -0.2) is 9.37 Å². The number of benzene rings is 1. The number of halogens is 1. The van der Waals surface area contributed by atoms with E-state index >= 15 is 0 Å². The van der Waals surface area contributed by atoms with Crippen LogP contribution in [0.15, 0.2) is 24.3 Å². The maximum absolute atomic E-state index is 13.4. The van der Waals surface area contributed by atoms with E-state index in [2.05, 4.69) is 4.98 Å². The zero-order valence-electron chi connectivity index (χ0n) is 15.1. The Kier molecular flexibility index (Phi) is 6.44. The van der Waals surface area contributed by atoms with Crippen LogP contribution < -0.4 is 0 Å². The average Bonchev–Trinajstić information content (AvgIpc) is 2.57. The highest BCUT2D eigenvalue weighted by molar-refractivity contribution is 5.98. The van der Waals surface area contributed by atoms with E-state index in [0.29, 0.717) is 12.1 Å². The number of carbonyl (C=O) groups is 2. The number of aromatic hydroxyl groups is 1. The number of nitrogens with zero attached hydrogens (tertiary/aromatic N) is 1. The Morgan fingerprint density at radius 2 is 1.81 bits per heavy atom. The number of hydrogen-bond acceptors (Lipinski definition) is 5. The van der Waals surface area contributed by atoms with Crippen LogP contribution in [0.1, 0.15) is 52.6 Å². The van der Waals surface area contributed by atoms with Crippen molar-refractivity contribution in [2.24, 2.45) is 0 Å². The first kappa shape index (κ1) is 19.6. The summed E-state index contributed by atoms with van der Waals surface area (Å²) >= 11 is 0. The molecular weight excluding hydrogens is 337 g/mol. The fraction of sp³-hybridized carbons (Fsp3) is 0.350. The van der Waals surface area contributed by atoms with Crippen LogP contribution in [0.3, 0.4) is 0 Å².